The van der Waals surface area contributed by atoms with Crippen molar-refractivity contribution in [2.75, 3.05) is 6.54 Å². The highest BCUT2D eigenvalue weighted by atomic mass is 15.2. The van der Waals surface area contributed by atoms with Gasteiger partial charge in [-0.25, -0.2) is 0 Å². The summed E-state index contributed by atoms with van der Waals surface area (Å²) in [5.41, 5.74) is 2.75. The van der Waals surface area contributed by atoms with Crippen molar-refractivity contribution in [3.63, 3.8) is 0 Å². The average Bonchev–Trinajstić information content (AvgIpc) is 2.36. The fraction of sp³-hybridized carbons (Fsp3) is 1.00. The molecule has 2 atom stereocenters. The fourth-order valence-corrected chi connectivity index (χ4v) is 1.81. The smallest absolute Gasteiger partial charge is 0.110 e. The zero-order valence-corrected chi connectivity index (χ0v) is 6.64. The van der Waals surface area contributed by atoms with E-state index in [1.807, 2.05) is 0 Å². The standard InChI is InChI=1S/C7H16BN2/c1-2-6-3-8-4-7(6)5-10-9/h6-7,10H,2-5,9H2,1H3/t6-,7?/m1/s1. The van der Waals surface area contributed by atoms with Gasteiger partial charge in [-0.2, -0.15) is 0 Å². The van der Waals surface area contributed by atoms with Gasteiger partial charge in [-0.3, -0.25) is 11.3 Å². The van der Waals surface area contributed by atoms with Gasteiger partial charge in [-0.1, -0.05) is 26.0 Å². The van der Waals surface area contributed by atoms with Gasteiger partial charge in [-0.15, -0.1) is 0 Å². The topological polar surface area (TPSA) is 38.0 Å². The van der Waals surface area contributed by atoms with Crippen LogP contribution in [0.1, 0.15) is 13.3 Å². The van der Waals surface area contributed by atoms with E-state index in [9.17, 15) is 0 Å². The summed E-state index contributed by atoms with van der Waals surface area (Å²) in [4.78, 5) is 0. The van der Waals surface area contributed by atoms with Crippen LogP contribution in [0, 0.1) is 11.8 Å². The molecule has 3 heteroatoms. The van der Waals surface area contributed by atoms with Crippen molar-refractivity contribution in [1.29, 1.82) is 0 Å². The van der Waals surface area contributed by atoms with Gasteiger partial charge in [0.15, 0.2) is 0 Å². The summed E-state index contributed by atoms with van der Waals surface area (Å²) in [6.07, 6.45) is 3.84. The second-order valence-electron chi connectivity index (χ2n) is 3.10. The lowest BCUT2D eigenvalue weighted by Gasteiger charge is -2.17. The summed E-state index contributed by atoms with van der Waals surface area (Å²) in [5.74, 6) is 6.95. The third-order valence-electron chi connectivity index (χ3n) is 2.51. The number of rotatable bonds is 3. The molecule has 1 heterocycles. The summed E-state index contributed by atoms with van der Waals surface area (Å²) >= 11 is 0. The van der Waals surface area contributed by atoms with E-state index in [1.54, 1.807) is 0 Å². The van der Waals surface area contributed by atoms with E-state index >= 15 is 0 Å². The molecular formula is C7H16BN2. The van der Waals surface area contributed by atoms with E-state index in [-0.39, 0.29) is 0 Å². The number of hydrogen-bond donors (Lipinski definition) is 2. The molecule has 0 spiro atoms. The van der Waals surface area contributed by atoms with Crippen molar-refractivity contribution in [3.8, 4) is 0 Å². The van der Waals surface area contributed by atoms with Gasteiger partial charge in [0, 0.05) is 6.54 Å². The van der Waals surface area contributed by atoms with Crippen molar-refractivity contribution in [3.05, 3.63) is 0 Å². The van der Waals surface area contributed by atoms with Crippen LogP contribution >= 0.6 is 0 Å². The van der Waals surface area contributed by atoms with Crippen molar-refractivity contribution >= 4 is 7.28 Å². The third-order valence-corrected chi connectivity index (χ3v) is 2.51. The van der Waals surface area contributed by atoms with Crippen LogP contribution in [0.3, 0.4) is 0 Å². The fourth-order valence-electron chi connectivity index (χ4n) is 1.81. The van der Waals surface area contributed by atoms with Crippen molar-refractivity contribution in [2.24, 2.45) is 17.7 Å². The molecule has 1 saturated heterocycles. The first-order valence-corrected chi connectivity index (χ1v) is 4.13. The Morgan fingerprint density at radius 3 is 2.80 bits per heavy atom. The van der Waals surface area contributed by atoms with Crippen LogP contribution in [0.15, 0.2) is 0 Å². The number of hydrazine groups is 1. The molecule has 0 saturated carbocycles. The minimum atomic E-state index is 0.801. The highest BCUT2D eigenvalue weighted by Gasteiger charge is 2.25. The van der Waals surface area contributed by atoms with Crippen molar-refractivity contribution in [2.45, 2.75) is 26.0 Å². The second-order valence-corrected chi connectivity index (χ2v) is 3.10. The van der Waals surface area contributed by atoms with E-state index in [0.717, 1.165) is 18.4 Å². The average molecular weight is 139 g/mol. The van der Waals surface area contributed by atoms with Gasteiger partial charge >= 0.3 is 0 Å². The molecule has 3 N–H and O–H groups in total. The van der Waals surface area contributed by atoms with E-state index in [0.29, 0.717) is 0 Å². The van der Waals surface area contributed by atoms with E-state index in [1.165, 1.54) is 19.1 Å². The third kappa shape index (κ3) is 1.73. The Balaban J connectivity index is 2.27. The minimum absolute atomic E-state index is 0.801. The summed E-state index contributed by atoms with van der Waals surface area (Å²) in [7, 11) is 2.39. The van der Waals surface area contributed by atoms with Crippen molar-refractivity contribution in [1.82, 2.24) is 5.43 Å². The Morgan fingerprint density at radius 1 is 1.50 bits per heavy atom. The van der Waals surface area contributed by atoms with E-state index in [4.69, 9.17) is 5.84 Å². The largest absolute Gasteiger partial charge is 0.271 e. The van der Waals surface area contributed by atoms with Crippen LogP contribution in [0.4, 0.5) is 0 Å². The van der Waals surface area contributed by atoms with Gasteiger partial charge in [0.1, 0.15) is 7.28 Å². The molecule has 1 radical (unpaired) electrons. The summed E-state index contributed by atoms with van der Waals surface area (Å²) < 4.78 is 0. The second kappa shape index (κ2) is 3.99. The molecule has 1 unspecified atom stereocenters. The SMILES string of the molecule is CC[C@@H]1C[B]CC1CNN. The molecule has 57 valence electrons. The Labute approximate surface area is 63.8 Å². The van der Waals surface area contributed by atoms with Gasteiger partial charge < -0.3 is 0 Å². The van der Waals surface area contributed by atoms with Crippen LogP contribution in [-0.4, -0.2) is 13.8 Å². The van der Waals surface area contributed by atoms with Crippen LogP contribution in [0.25, 0.3) is 0 Å². The zero-order valence-electron chi connectivity index (χ0n) is 6.64. The molecule has 1 aliphatic heterocycles. The molecule has 1 aliphatic rings. The Kier molecular flexibility index (Phi) is 3.22. The Morgan fingerprint density at radius 2 is 2.20 bits per heavy atom. The first kappa shape index (κ1) is 8.09. The van der Waals surface area contributed by atoms with Crippen LogP contribution in [-0.2, 0) is 0 Å². The molecule has 10 heavy (non-hydrogen) atoms. The maximum Gasteiger partial charge on any atom is 0.110 e. The van der Waals surface area contributed by atoms with Gasteiger partial charge in [-0.05, 0) is 11.8 Å². The maximum absolute atomic E-state index is 5.26. The number of hydrogen-bond acceptors (Lipinski definition) is 2. The first-order chi connectivity index (χ1) is 4.88. The number of nitrogens with one attached hydrogen (secondary N) is 1. The predicted octanol–water partition coefficient (Wildman–Crippen LogP) is 0.647. The lowest BCUT2D eigenvalue weighted by molar-refractivity contribution is 0.382. The predicted molar refractivity (Wildman–Crippen MR) is 44.8 cm³/mol. The van der Waals surface area contributed by atoms with Crippen molar-refractivity contribution < 1.29 is 0 Å². The molecule has 2 nitrogen and oxygen atoms in total. The summed E-state index contributed by atoms with van der Waals surface area (Å²) in [6, 6.07) is 0. The molecule has 0 aromatic heterocycles. The summed E-state index contributed by atoms with van der Waals surface area (Å²) in [6.45, 7) is 3.24. The molecule has 1 rings (SSSR count). The Hall–Kier alpha value is -0.0151. The number of nitrogens with two attached hydrogens (primary N) is 1. The minimum Gasteiger partial charge on any atom is -0.271 e. The zero-order chi connectivity index (χ0) is 7.40. The van der Waals surface area contributed by atoms with Gasteiger partial charge in [0.05, 0.1) is 0 Å². The Bertz CT molecular complexity index is 97.6. The van der Waals surface area contributed by atoms with Crippen LogP contribution in [0.5, 0.6) is 0 Å². The van der Waals surface area contributed by atoms with Crippen LogP contribution < -0.4 is 11.3 Å². The molecule has 0 aliphatic carbocycles. The first-order valence-electron chi connectivity index (χ1n) is 4.13. The van der Waals surface area contributed by atoms with Gasteiger partial charge in [0.25, 0.3) is 0 Å². The molecule has 0 bridgehead atoms. The molecule has 0 aromatic carbocycles. The molecule has 0 amide bonds. The highest BCUT2D eigenvalue weighted by Crippen LogP contribution is 2.29. The van der Waals surface area contributed by atoms with E-state index in [2.05, 4.69) is 19.6 Å². The van der Waals surface area contributed by atoms with Gasteiger partial charge in [0.2, 0.25) is 0 Å². The lowest BCUT2D eigenvalue weighted by Crippen LogP contribution is -2.30. The molecule has 0 aromatic rings. The van der Waals surface area contributed by atoms with E-state index < -0.39 is 0 Å². The highest BCUT2D eigenvalue weighted by molar-refractivity contribution is 6.36. The van der Waals surface area contributed by atoms with Crippen LogP contribution in [0.2, 0.25) is 12.6 Å². The quantitative estimate of drug-likeness (QED) is 0.342. The molecular weight excluding hydrogens is 123 g/mol. The lowest BCUT2D eigenvalue weighted by atomic mass is 9.75. The monoisotopic (exact) mass is 139 g/mol. The molecule has 1 fully saturated rings. The maximum atomic E-state index is 5.26. The summed E-state index contributed by atoms with van der Waals surface area (Å²) in [5, 5.41) is 0. The normalized spacial score (nSPS) is 32.2.